The van der Waals surface area contributed by atoms with Crippen molar-refractivity contribution in [1.29, 1.82) is 0 Å². The van der Waals surface area contributed by atoms with E-state index < -0.39 is 0 Å². The molecule has 1 aromatic carbocycles. The summed E-state index contributed by atoms with van der Waals surface area (Å²) in [4.78, 5) is 0. The van der Waals surface area contributed by atoms with Gasteiger partial charge < -0.3 is 10.6 Å². The Morgan fingerprint density at radius 2 is 1.94 bits per heavy atom. The monoisotopic (exact) mass is 240 g/mol. The van der Waals surface area contributed by atoms with Crippen LogP contribution in [0.4, 0.5) is 0 Å². The van der Waals surface area contributed by atoms with Crippen molar-refractivity contribution in [2.75, 3.05) is 19.6 Å². The summed E-state index contributed by atoms with van der Waals surface area (Å²) in [5, 5.41) is 7.56. The number of nitrogens with one attached hydrogen (secondary N) is 2. The second-order valence-corrected chi connectivity index (χ2v) is 4.37. The highest BCUT2D eigenvalue weighted by Crippen LogP contribution is 2.16. The molecule has 0 fully saturated rings. The number of halogens is 1. The molecule has 0 aromatic heterocycles. The van der Waals surface area contributed by atoms with Crippen LogP contribution in [0.25, 0.3) is 0 Å². The van der Waals surface area contributed by atoms with Gasteiger partial charge in [-0.2, -0.15) is 0 Å². The third-order valence-corrected chi connectivity index (χ3v) is 2.93. The molecule has 0 aliphatic heterocycles. The normalized spacial score (nSPS) is 10.7. The van der Waals surface area contributed by atoms with Gasteiger partial charge in [-0.15, -0.1) is 0 Å². The lowest BCUT2D eigenvalue weighted by molar-refractivity contribution is 0.606. The van der Waals surface area contributed by atoms with Gasteiger partial charge >= 0.3 is 0 Å². The highest BCUT2D eigenvalue weighted by Gasteiger charge is 1.97. The predicted octanol–water partition coefficient (Wildman–Crippen LogP) is 2.74. The van der Waals surface area contributed by atoms with Crippen LogP contribution in [-0.4, -0.2) is 19.6 Å². The van der Waals surface area contributed by atoms with Crippen molar-refractivity contribution in [3.63, 3.8) is 0 Å². The third-order valence-electron chi connectivity index (χ3n) is 2.52. The van der Waals surface area contributed by atoms with Gasteiger partial charge in [0.2, 0.25) is 0 Å². The van der Waals surface area contributed by atoms with E-state index in [4.69, 9.17) is 11.6 Å². The summed E-state index contributed by atoms with van der Waals surface area (Å²) in [6, 6.07) is 6.23. The molecule has 0 amide bonds. The fourth-order valence-electron chi connectivity index (χ4n) is 1.49. The van der Waals surface area contributed by atoms with Crippen LogP contribution < -0.4 is 10.6 Å². The second kappa shape index (κ2) is 7.66. The largest absolute Gasteiger partial charge is 0.317 e. The fourth-order valence-corrected chi connectivity index (χ4v) is 1.70. The first-order valence-electron chi connectivity index (χ1n) is 5.90. The molecule has 2 N–H and O–H groups in total. The Morgan fingerprint density at radius 1 is 1.19 bits per heavy atom. The maximum atomic E-state index is 6.06. The zero-order valence-corrected chi connectivity index (χ0v) is 10.9. The SMILES string of the molecule is CCNCCCNCc1ccc(C)c(Cl)c1. The van der Waals surface area contributed by atoms with Crippen molar-refractivity contribution in [1.82, 2.24) is 10.6 Å². The first-order valence-corrected chi connectivity index (χ1v) is 6.28. The highest BCUT2D eigenvalue weighted by molar-refractivity contribution is 6.31. The van der Waals surface area contributed by atoms with E-state index in [1.807, 2.05) is 13.0 Å². The van der Waals surface area contributed by atoms with Crippen LogP contribution >= 0.6 is 11.6 Å². The predicted molar refractivity (Wildman–Crippen MR) is 71.1 cm³/mol. The van der Waals surface area contributed by atoms with Crippen molar-refractivity contribution in [2.24, 2.45) is 0 Å². The zero-order chi connectivity index (χ0) is 11.8. The van der Waals surface area contributed by atoms with E-state index in [0.717, 1.165) is 43.2 Å². The minimum absolute atomic E-state index is 0.854. The van der Waals surface area contributed by atoms with Gasteiger partial charge in [0.1, 0.15) is 0 Å². The molecule has 0 saturated heterocycles. The molecule has 1 rings (SSSR count). The smallest absolute Gasteiger partial charge is 0.0438 e. The fraction of sp³-hybridized carbons (Fsp3) is 0.538. The molecule has 0 saturated carbocycles. The van der Waals surface area contributed by atoms with Crippen LogP contribution in [0.15, 0.2) is 18.2 Å². The zero-order valence-electron chi connectivity index (χ0n) is 10.1. The molecular weight excluding hydrogens is 220 g/mol. The van der Waals surface area contributed by atoms with Crippen molar-refractivity contribution in [3.8, 4) is 0 Å². The van der Waals surface area contributed by atoms with Crippen molar-refractivity contribution in [2.45, 2.75) is 26.8 Å². The summed E-state index contributed by atoms with van der Waals surface area (Å²) in [6.45, 7) is 8.22. The van der Waals surface area contributed by atoms with E-state index in [9.17, 15) is 0 Å². The van der Waals surface area contributed by atoms with Gasteiger partial charge in [0.25, 0.3) is 0 Å². The van der Waals surface area contributed by atoms with Gasteiger partial charge in [-0.1, -0.05) is 30.7 Å². The van der Waals surface area contributed by atoms with Crippen LogP contribution in [0.5, 0.6) is 0 Å². The van der Waals surface area contributed by atoms with Gasteiger partial charge in [0.05, 0.1) is 0 Å². The van der Waals surface area contributed by atoms with Crippen molar-refractivity contribution >= 4 is 11.6 Å². The van der Waals surface area contributed by atoms with Crippen LogP contribution in [-0.2, 0) is 6.54 Å². The molecule has 0 aliphatic carbocycles. The van der Waals surface area contributed by atoms with E-state index in [2.05, 4.69) is 29.7 Å². The molecule has 1 aromatic rings. The Kier molecular flexibility index (Phi) is 6.46. The van der Waals surface area contributed by atoms with E-state index in [1.165, 1.54) is 5.56 Å². The molecular formula is C13H21ClN2. The molecule has 2 nitrogen and oxygen atoms in total. The van der Waals surface area contributed by atoms with Gasteiger partial charge in [0.15, 0.2) is 0 Å². The van der Waals surface area contributed by atoms with E-state index >= 15 is 0 Å². The molecule has 0 aliphatic rings. The lowest BCUT2D eigenvalue weighted by atomic mass is 10.1. The van der Waals surface area contributed by atoms with Crippen molar-refractivity contribution in [3.05, 3.63) is 34.3 Å². The first kappa shape index (κ1) is 13.5. The lowest BCUT2D eigenvalue weighted by Crippen LogP contribution is -2.21. The quantitative estimate of drug-likeness (QED) is 0.717. The Morgan fingerprint density at radius 3 is 2.62 bits per heavy atom. The average molecular weight is 241 g/mol. The first-order chi connectivity index (χ1) is 7.74. The highest BCUT2D eigenvalue weighted by atomic mass is 35.5. The molecule has 3 heteroatoms. The molecule has 0 atom stereocenters. The molecule has 0 radical (unpaired) electrons. The molecule has 0 bridgehead atoms. The lowest BCUT2D eigenvalue weighted by Gasteiger charge is -2.06. The summed E-state index contributed by atoms with van der Waals surface area (Å²) in [5.74, 6) is 0. The van der Waals surface area contributed by atoms with Crippen molar-refractivity contribution < 1.29 is 0 Å². The van der Waals surface area contributed by atoms with E-state index in [0.29, 0.717) is 0 Å². The van der Waals surface area contributed by atoms with Crippen LogP contribution in [0.2, 0.25) is 5.02 Å². The summed E-state index contributed by atoms with van der Waals surface area (Å²) in [5.41, 5.74) is 2.39. The number of rotatable bonds is 7. The topological polar surface area (TPSA) is 24.1 Å². The standard InChI is InChI=1S/C13H21ClN2/c1-3-15-7-4-8-16-10-12-6-5-11(2)13(14)9-12/h5-6,9,15-16H,3-4,7-8,10H2,1-2H3. The molecule has 90 valence electrons. The second-order valence-electron chi connectivity index (χ2n) is 3.97. The minimum Gasteiger partial charge on any atom is -0.317 e. The van der Waals surface area contributed by atoms with E-state index in [-0.39, 0.29) is 0 Å². The number of aryl methyl sites for hydroxylation is 1. The summed E-state index contributed by atoms with van der Waals surface area (Å²) >= 11 is 6.06. The maximum Gasteiger partial charge on any atom is 0.0438 e. The van der Waals surface area contributed by atoms with Gasteiger partial charge in [-0.05, 0) is 50.2 Å². The third kappa shape index (κ3) is 4.97. The molecule has 0 spiro atoms. The Labute approximate surface area is 103 Å². The molecule has 0 unspecified atom stereocenters. The molecule has 0 heterocycles. The van der Waals surface area contributed by atoms with Crippen LogP contribution in [0.1, 0.15) is 24.5 Å². The van der Waals surface area contributed by atoms with Crippen LogP contribution in [0.3, 0.4) is 0 Å². The molecule has 16 heavy (non-hydrogen) atoms. The maximum absolute atomic E-state index is 6.06. The minimum atomic E-state index is 0.854. The number of benzene rings is 1. The Bertz CT molecular complexity index is 313. The van der Waals surface area contributed by atoms with Gasteiger partial charge in [-0.3, -0.25) is 0 Å². The number of hydrogen-bond acceptors (Lipinski definition) is 2. The average Bonchev–Trinajstić information content (AvgIpc) is 2.28. The Hall–Kier alpha value is -0.570. The summed E-state index contributed by atoms with van der Waals surface area (Å²) in [6.07, 6.45) is 1.16. The Balaban J connectivity index is 2.19. The van der Waals surface area contributed by atoms with E-state index in [1.54, 1.807) is 0 Å². The summed E-state index contributed by atoms with van der Waals surface area (Å²) < 4.78 is 0. The number of hydrogen-bond donors (Lipinski definition) is 2. The summed E-state index contributed by atoms with van der Waals surface area (Å²) in [7, 11) is 0. The van der Waals surface area contributed by atoms with Gasteiger partial charge in [-0.25, -0.2) is 0 Å². The van der Waals surface area contributed by atoms with Gasteiger partial charge in [0, 0.05) is 11.6 Å². The van der Waals surface area contributed by atoms with Crippen LogP contribution in [0, 0.1) is 6.92 Å².